The van der Waals surface area contributed by atoms with Gasteiger partial charge in [-0.1, -0.05) is 11.6 Å². The maximum atomic E-state index is 6.01. The molecule has 0 unspecified atom stereocenters. The summed E-state index contributed by atoms with van der Waals surface area (Å²) in [5.41, 5.74) is 3.48. The fourth-order valence-electron chi connectivity index (χ4n) is 1.80. The number of fused-ring (bicyclic) bond motifs is 1. The monoisotopic (exact) mass is 248 g/mol. The Morgan fingerprint density at radius 3 is 3.06 bits per heavy atom. The van der Waals surface area contributed by atoms with Crippen molar-refractivity contribution in [3.05, 3.63) is 40.7 Å². The van der Waals surface area contributed by atoms with Crippen LogP contribution >= 0.6 is 11.6 Å². The summed E-state index contributed by atoms with van der Waals surface area (Å²) in [5.74, 6) is 0. The van der Waals surface area contributed by atoms with Gasteiger partial charge in [-0.05, 0) is 18.6 Å². The van der Waals surface area contributed by atoms with Crippen LogP contribution < -0.4 is 0 Å². The Balaban J connectivity index is 2.14. The van der Waals surface area contributed by atoms with Crippen LogP contribution in [-0.4, -0.2) is 20.4 Å². The average Bonchev–Trinajstić information content (AvgIpc) is 2.93. The average molecular weight is 249 g/mol. The smallest absolute Gasteiger partial charge is 0.162 e. The number of aryl methyl sites for hydroxylation is 1. The molecule has 0 aliphatic heterocycles. The van der Waals surface area contributed by atoms with E-state index in [1.807, 2.05) is 13.0 Å². The van der Waals surface area contributed by atoms with E-state index >= 15 is 0 Å². The van der Waals surface area contributed by atoms with Crippen molar-refractivity contribution in [1.82, 2.24) is 20.4 Å². The van der Waals surface area contributed by atoms with Gasteiger partial charge in [-0.3, -0.25) is 5.10 Å². The number of furan rings is 1. The van der Waals surface area contributed by atoms with Crippen LogP contribution in [0.1, 0.15) is 17.0 Å². The topological polar surface area (TPSA) is 67.6 Å². The first kappa shape index (κ1) is 10.3. The van der Waals surface area contributed by atoms with E-state index in [9.17, 15) is 0 Å². The molecule has 3 rings (SSSR count). The number of aromatic nitrogens is 4. The van der Waals surface area contributed by atoms with E-state index in [-0.39, 0.29) is 0 Å². The molecule has 0 aliphatic rings. The van der Waals surface area contributed by atoms with Gasteiger partial charge in [0.05, 0.1) is 23.6 Å². The minimum atomic E-state index is 0.377. The highest BCUT2D eigenvalue weighted by molar-refractivity contribution is 6.34. The van der Waals surface area contributed by atoms with Gasteiger partial charge in [-0.25, -0.2) is 0 Å². The highest BCUT2D eigenvalue weighted by Crippen LogP contribution is 2.25. The molecular formula is C11H9ClN4O. The number of hydrogen-bond acceptors (Lipinski definition) is 4. The number of hydrogen-bond donors (Lipinski definition) is 1. The molecule has 0 bridgehead atoms. The van der Waals surface area contributed by atoms with Gasteiger partial charge in [0.25, 0.3) is 0 Å². The van der Waals surface area contributed by atoms with Gasteiger partial charge in [0, 0.05) is 12.1 Å². The molecule has 6 heteroatoms. The van der Waals surface area contributed by atoms with Crippen LogP contribution in [0.5, 0.6) is 0 Å². The summed E-state index contributed by atoms with van der Waals surface area (Å²) in [6.07, 6.45) is 3.94. The molecule has 86 valence electrons. The second-order valence-corrected chi connectivity index (χ2v) is 4.18. The summed E-state index contributed by atoms with van der Waals surface area (Å²) in [5, 5.41) is 16.4. The molecule has 0 fully saturated rings. The molecule has 3 aromatic heterocycles. The molecule has 5 nitrogen and oxygen atoms in total. The Labute approximate surface area is 102 Å². The van der Waals surface area contributed by atoms with Gasteiger partial charge in [0.15, 0.2) is 5.15 Å². The van der Waals surface area contributed by atoms with Crippen LogP contribution in [0, 0.1) is 6.92 Å². The minimum absolute atomic E-state index is 0.377. The van der Waals surface area contributed by atoms with Crippen molar-refractivity contribution < 1.29 is 4.42 Å². The van der Waals surface area contributed by atoms with Crippen LogP contribution in [-0.2, 0) is 6.42 Å². The van der Waals surface area contributed by atoms with Crippen molar-refractivity contribution in [3.8, 4) is 0 Å². The van der Waals surface area contributed by atoms with Gasteiger partial charge < -0.3 is 4.42 Å². The molecule has 1 N–H and O–H groups in total. The first-order valence-electron chi connectivity index (χ1n) is 5.12. The lowest BCUT2D eigenvalue weighted by atomic mass is 10.1. The quantitative estimate of drug-likeness (QED) is 0.757. The molecule has 0 aromatic carbocycles. The molecule has 0 amide bonds. The summed E-state index contributed by atoms with van der Waals surface area (Å²) >= 11 is 6.01. The van der Waals surface area contributed by atoms with Gasteiger partial charge in [-0.2, -0.15) is 10.2 Å². The first-order chi connectivity index (χ1) is 8.25. The summed E-state index contributed by atoms with van der Waals surface area (Å²) in [7, 11) is 0. The number of H-pyrrole nitrogens is 1. The molecule has 0 spiro atoms. The highest BCUT2D eigenvalue weighted by atomic mass is 35.5. The molecule has 3 aromatic rings. The Hall–Kier alpha value is -1.88. The minimum Gasteiger partial charge on any atom is -0.472 e. The Morgan fingerprint density at radius 1 is 1.41 bits per heavy atom. The lowest BCUT2D eigenvalue weighted by Gasteiger charge is -1.99. The second kappa shape index (κ2) is 3.85. The fourth-order valence-corrected chi connectivity index (χ4v) is 2.07. The van der Waals surface area contributed by atoms with Crippen molar-refractivity contribution in [2.24, 2.45) is 0 Å². The molecule has 3 heterocycles. The molecule has 0 aliphatic carbocycles. The van der Waals surface area contributed by atoms with E-state index in [2.05, 4.69) is 20.4 Å². The van der Waals surface area contributed by atoms with Crippen LogP contribution in [0.4, 0.5) is 0 Å². The molecule has 0 saturated carbocycles. The van der Waals surface area contributed by atoms with Crippen molar-refractivity contribution in [1.29, 1.82) is 0 Å². The number of nitrogens with zero attached hydrogens (tertiary/aromatic N) is 3. The first-order valence-corrected chi connectivity index (χ1v) is 5.50. The maximum Gasteiger partial charge on any atom is 0.162 e. The van der Waals surface area contributed by atoms with E-state index in [4.69, 9.17) is 16.0 Å². The van der Waals surface area contributed by atoms with Gasteiger partial charge in [-0.15, -0.1) is 5.10 Å². The third kappa shape index (κ3) is 1.68. The zero-order valence-corrected chi connectivity index (χ0v) is 9.82. The number of halogens is 1. The van der Waals surface area contributed by atoms with E-state index in [0.29, 0.717) is 11.6 Å². The Bertz CT molecular complexity index is 659. The van der Waals surface area contributed by atoms with E-state index in [0.717, 1.165) is 27.9 Å². The van der Waals surface area contributed by atoms with E-state index in [1.54, 1.807) is 12.5 Å². The molecule has 0 saturated heterocycles. The lowest BCUT2D eigenvalue weighted by Crippen LogP contribution is -1.96. The Morgan fingerprint density at radius 2 is 2.29 bits per heavy atom. The SMILES string of the molecule is Cc1[nH]nc2c(Cc3ccoc3)nnc(Cl)c12. The zero-order valence-electron chi connectivity index (χ0n) is 9.07. The van der Waals surface area contributed by atoms with Crippen molar-refractivity contribution in [3.63, 3.8) is 0 Å². The summed E-state index contributed by atoms with van der Waals surface area (Å²) < 4.78 is 5.03. The van der Waals surface area contributed by atoms with Crippen molar-refractivity contribution in [2.75, 3.05) is 0 Å². The molecule has 0 atom stereocenters. The predicted molar refractivity (Wildman–Crippen MR) is 62.9 cm³/mol. The van der Waals surface area contributed by atoms with E-state index < -0.39 is 0 Å². The molecule has 0 radical (unpaired) electrons. The summed E-state index contributed by atoms with van der Waals surface area (Å²) in [6.45, 7) is 1.91. The molecule has 17 heavy (non-hydrogen) atoms. The number of nitrogens with one attached hydrogen (secondary N) is 1. The van der Waals surface area contributed by atoms with Crippen LogP contribution in [0.15, 0.2) is 23.0 Å². The maximum absolute atomic E-state index is 6.01. The second-order valence-electron chi connectivity index (χ2n) is 3.82. The largest absolute Gasteiger partial charge is 0.472 e. The van der Waals surface area contributed by atoms with Gasteiger partial charge >= 0.3 is 0 Å². The standard InChI is InChI=1S/C11H9ClN4O/c1-6-9-10(15-13-6)8(14-16-11(9)12)4-7-2-3-17-5-7/h2-3,5H,4H2,1H3,(H,13,15). The van der Waals surface area contributed by atoms with Crippen molar-refractivity contribution in [2.45, 2.75) is 13.3 Å². The van der Waals surface area contributed by atoms with Gasteiger partial charge in [0.2, 0.25) is 0 Å². The Kier molecular flexibility index (Phi) is 2.33. The van der Waals surface area contributed by atoms with Gasteiger partial charge in [0.1, 0.15) is 5.52 Å². The number of aromatic amines is 1. The van der Waals surface area contributed by atoms with Crippen molar-refractivity contribution >= 4 is 22.5 Å². The fraction of sp³-hybridized carbons (Fsp3) is 0.182. The zero-order chi connectivity index (χ0) is 11.8. The lowest BCUT2D eigenvalue weighted by molar-refractivity contribution is 0.564. The third-order valence-corrected chi connectivity index (χ3v) is 2.90. The van der Waals surface area contributed by atoms with E-state index in [1.165, 1.54) is 0 Å². The molecular weight excluding hydrogens is 240 g/mol. The summed E-state index contributed by atoms with van der Waals surface area (Å²) in [4.78, 5) is 0. The normalized spacial score (nSPS) is 11.2. The highest BCUT2D eigenvalue weighted by Gasteiger charge is 2.14. The predicted octanol–water partition coefficient (Wildman–Crippen LogP) is 2.50. The van der Waals surface area contributed by atoms with Crippen LogP contribution in [0.25, 0.3) is 10.9 Å². The van der Waals surface area contributed by atoms with Crippen LogP contribution in [0.2, 0.25) is 5.15 Å². The third-order valence-electron chi connectivity index (χ3n) is 2.64. The number of rotatable bonds is 2. The van der Waals surface area contributed by atoms with Crippen LogP contribution in [0.3, 0.4) is 0 Å². The summed E-state index contributed by atoms with van der Waals surface area (Å²) in [6, 6.07) is 1.89.